The summed E-state index contributed by atoms with van der Waals surface area (Å²) in [4.78, 5) is 16.1. The summed E-state index contributed by atoms with van der Waals surface area (Å²) in [6, 6.07) is 18.3. The van der Waals surface area contributed by atoms with Crippen LogP contribution in [0.5, 0.6) is 5.75 Å². The molecule has 126 valence electrons. The highest BCUT2D eigenvalue weighted by atomic mass is 35.5. The summed E-state index contributed by atoms with van der Waals surface area (Å²) in [7, 11) is 0. The van der Waals surface area contributed by atoms with Crippen LogP contribution < -0.4 is 10.1 Å². The molecule has 25 heavy (non-hydrogen) atoms. The second kappa shape index (κ2) is 8.31. The Morgan fingerprint density at radius 2 is 1.76 bits per heavy atom. The number of rotatable bonds is 6. The molecule has 2 aromatic carbocycles. The van der Waals surface area contributed by atoms with Gasteiger partial charge in [-0.3, -0.25) is 9.78 Å². The molecule has 0 aliphatic heterocycles. The van der Waals surface area contributed by atoms with Crippen molar-refractivity contribution in [1.29, 1.82) is 0 Å². The minimum Gasteiger partial charge on any atom is -0.489 e. The Kier molecular flexibility index (Phi) is 5.65. The van der Waals surface area contributed by atoms with Gasteiger partial charge in [-0.1, -0.05) is 29.8 Å². The summed E-state index contributed by atoms with van der Waals surface area (Å²) in [6.07, 6.45) is 3.51. The fourth-order valence-corrected chi connectivity index (χ4v) is 2.37. The zero-order valence-electron chi connectivity index (χ0n) is 13.5. The van der Waals surface area contributed by atoms with E-state index in [2.05, 4.69) is 10.3 Å². The van der Waals surface area contributed by atoms with Crippen LogP contribution in [-0.2, 0) is 13.2 Å². The number of nitrogens with zero attached hydrogens (tertiary/aromatic N) is 1. The lowest BCUT2D eigenvalue weighted by molar-refractivity contribution is 0.0951. The lowest BCUT2D eigenvalue weighted by atomic mass is 10.2. The largest absolute Gasteiger partial charge is 0.489 e. The molecule has 1 heterocycles. The molecule has 1 N–H and O–H groups in total. The van der Waals surface area contributed by atoms with Crippen molar-refractivity contribution in [1.82, 2.24) is 10.3 Å². The molecule has 3 rings (SSSR count). The first kappa shape index (κ1) is 17.0. The fraction of sp³-hybridized carbons (Fsp3) is 0.100. The van der Waals surface area contributed by atoms with Gasteiger partial charge in [0.25, 0.3) is 5.91 Å². The third-order valence-electron chi connectivity index (χ3n) is 3.61. The van der Waals surface area contributed by atoms with Crippen LogP contribution in [-0.4, -0.2) is 10.9 Å². The van der Waals surface area contributed by atoms with Gasteiger partial charge in [0.1, 0.15) is 12.4 Å². The zero-order valence-corrected chi connectivity index (χ0v) is 14.2. The quantitative estimate of drug-likeness (QED) is 0.721. The molecule has 1 aromatic heterocycles. The van der Waals surface area contributed by atoms with Gasteiger partial charge in [-0.05, 0) is 48.0 Å². The van der Waals surface area contributed by atoms with E-state index in [4.69, 9.17) is 16.3 Å². The van der Waals surface area contributed by atoms with Crippen molar-refractivity contribution in [3.8, 4) is 5.75 Å². The van der Waals surface area contributed by atoms with Gasteiger partial charge < -0.3 is 10.1 Å². The number of carbonyl (C=O) groups excluding carboxylic acids is 1. The van der Waals surface area contributed by atoms with Crippen molar-refractivity contribution in [2.45, 2.75) is 13.2 Å². The number of hydrogen-bond donors (Lipinski definition) is 1. The second-order valence-electron chi connectivity index (χ2n) is 5.48. The number of ether oxygens (including phenoxy) is 1. The summed E-state index contributed by atoms with van der Waals surface area (Å²) in [5.41, 5.74) is 2.60. The Hall–Kier alpha value is -2.85. The Balaban J connectivity index is 1.50. The Labute approximate surface area is 151 Å². The average Bonchev–Trinajstić information content (AvgIpc) is 2.67. The molecule has 4 nitrogen and oxygen atoms in total. The van der Waals surface area contributed by atoms with Gasteiger partial charge >= 0.3 is 0 Å². The van der Waals surface area contributed by atoms with Crippen LogP contribution in [0.2, 0.25) is 5.02 Å². The van der Waals surface area contributed by atoms with Crippen molar-refractivity contribution in [2.75, 3.05) is 0 Å². The smallest absolute Gasteiger partial charge is 0.251 e. The van der Waals surface area contributed by atoms with E-state index in [0.717, 1.165) is 16.9 Å². The number of aromatic nitrogens is 1. The minimum absolute atomic E-state index is 0.131. The van der Waals surface area contributed by atoms with E-state index in [-0.39, 0.29) is 5.91 Å². The van der Waals surface area contributed by atoms with Gasteiger partial charge in [0.2, 0.25) is 0 Å². The monoisotopic (exact) mass is 352 g/mol. The number of benzene rings is 2. The molecule has 0 radical (unpaired) electrons. The third kappa shape index (κ3) is 5.06. The first-order valence-electron chi connectivity index (χ1n) is 7.85. The Morgan fingerprint density at radius 3 is 2.44 bits per heavy atom. The number of halogens is 1. The predicted octanol–water partition coefficient (Wildman–Crippen LogP) is 4.24. The van der Waals surface area contributed by atoms with Crippen LogP contribution >= 0.6 is 11.6 Å². The van der Waals surface area contributed by atoms with Crippen LogP contribution in [0.4, 0.5) is 0 Å². The predicted molar refractivity (Wildman–Crippen MR) is 97.6 cm³/mol. The molecule has 1 amide bonds. The van der Waals surface area contributed by atoms with E-state index < -0.39 is 0 Å². The Morgan fingerprint density at radius 1 is 1.00 bits per heavy atom. The number of amides is 1. The molecule has 0 aliphatic carbocycles. The van der Waals surface area contributed by atoms with Crippen molar-refractivity contribution in [3.05, 3.63) is 94.8 Å². The van der Waals surface area contributed by atoms with Crippen molar-refractivity contribution >= 4 is 17.5 Å². The molecule has 3 aromatic rings. The number of nitrogens with one attached hydrogen (secondary N) is 1. The maximum absolute atomic E-state index is 12.1. The van der Waals surface area contributed by atoms with E-state index in [1.54, 1.807) is 36.7 Å². The SMILES string of the molecule is O=C(NCc1ccc(OCc2cccnc2)cc1)c1ccc(Cl)cc1. The minimum atomic E-state index is -0.131. The van der Waals surface area contributed by atoms with Crippen LogP contribution in [0.1, 0.15) is 21.5 Å². The van der Waals surface area contributed by atoms with Crippen molar-refractivity contribution in [2.24, 2.45) is 0 Å². The van der Waals surface area contributed by atoms with Gasteiger partial charge in [0.05, 0.1) is 0 Å². The highest BCUT2D eigenvalue weighted by molar-refractivity contribution is 6.30. The molecule has 0 bridgehead atoms. The number of hydrogen-bond acceptors (Lipinski definition) is 3. The summed E-state index contributed by atoms with van der Waals surface area (Å²) >= 11 is 5.82. The van der Waals surface area contributed by atoms with Gasteiger partial charge in [-0.15, -0.1) is 0 Å². The van der Waals surface area contributed by atoms with Crippen LogP contribution in [0, 0.1) is 0 Å². The summed E-state index contributed by atoms with van der Waals surface area (Å²) < 4.78 is 5.71. The lowest BCUT2D eigenvalue weighted by Crippen LogP contribution is -2.22. The van der Waals surface area contributed by atoms with Crippen molar-refractivity contribution in [3.63, 3.8) is 0 Å². The molecule has 0 saturated heterocycles. The molecule has 0 spiro atoms. The van der Waals surface area contributed by atoms with Crippen LogP contribution in [0.15, 0.2) is 73.1 Å². The summed E-state index contributed by atoms with van der Waals surface area (Å²) in [6.45, 7) is 0.921. The van der Waals surface area contributed by atoms with Crippen LogP contribution in [0.3, 0.4) is 0 Å². The van der Waals surface area contributed by atoms with Gasteiger partial charge in [0.15, 0.2) is 0 Å². The molecule has 0 fully saturated rings. The Bertz CT molecular complexity index is 819. The maximum Gasteiger partial charge on any atom is 0.251 e. The lowest BCUT2D eigenvalue weighted by Gasteiger charge is -2.08. The summed E-state index contributed by atoms with van der Waals surface area (Å²) in [5, 5.41) is 3.49. The molecular weight excluding hydrogens is 336 g/mol. The highest BCUT2D eigenvalue weighted by Crippen LogP contribution is 2.14. The fourth-order valence-electron chi connectivity index (χ4n) is 2.24. The second-order valence-corrected chi connectivity index (χ2v) is 5.92. The average molecular weight is 353 g/mol. The van der Waals surface area contributed by atoms with Crippen LogP contribution in [0.25, 0.3) is 0 Å². The van der Waals surface area contributed by atoms with E-state index >= 15 is 0 Å². The van der Waals surface area contributed by atoms with E-state index in [0.29, 0.717) is 23.7 Å². The number of carbonyl (C=O) groups is 1. The normalized spacial score (nSPS) is 10.3. The first-order chi connectivity index (χ1) is 12.2. The third-order valence-corrected chi connectivity index (χ3v) is 3.86. The van der Waals surface area contributed by atoms with Crippen molar-refractivity contribution < 1.29 is 9.53 Å². The topological polar surface area (TPSA) is 51.2 Å². The molecule has 0 atom stereocenters. The molecule has 0 aliphatic rings. The standard InChI is InChI=1S/C20H17ClN2O2/c21-18-7-5-17(6-8-18)20(24)23-13-15-3-9-19(10-4-15)25-14-16-2-1-11-22-12-16/h1-12H,13-14H2,(H,23,24). The van der Waals surface area contributed by atoms with E-state index in [9.17, 15) is 4.79 Å². The van der Waals surface area contributed by atoms with Gasteiger partial charge in [-0.2, -0.15) is 0 Å². The first-order valence-corrected chi connectivity index (χ1v) is 8.23. The van der Waals surface area contributed by atoms with Gasteiger partial charge in [-0.25, -0.2) is 0 Å². The molecular formula is C20H17ClN2O2. The molecule has 0 unspecified atom stereocenters. The van der Waals surface area contributed by atoms with E-state index in [1.807, 2.05) is 36.4 Å². The zero-order chi connectivity index (χ0) is 17.5. The highest BCUT2D eigenvalue weighted by Gasteiger charge is 2.05. The molecule has 5 heteroatoms. The summed E-state index contributed by atoms with van der Waals surface area (Å²) in [5.74, 6) is 0.644. The molecule has 0 saturated carbocycles. The van der Waals surface area contributed by atoms with E-state index in [1.165, 1.54) is 0 Å². The van der Waals surface area contributed by atoms with Gasteiger partial charge in [0, 0.05) is 35.1 Å². The number of pyridine rings is 1. The maximum atomic E-state index is 12.1.